The molecule has 1 atom stereocenters. The molecule has 0 saturated heterocycles. The van der Waals surface area contributed by atoms with Crippen molar-refractivity contribution in [2.45, 2.75) is 18.9 Å². The highest BCUT2D eigenvalue weighted by molar-refractivity contribution is 9.10. The molecule has 1 aliphatic heterocycles. The molecule has 0 radical (unpaired) electrons. The van der Waals surface area contributed by atoms with E-state index in [-0.39, 0.29) is 0 Å². The Hall–Kier alpha value is -1.10. The summed E-state index contributed by atoms with van der Waals surface area (Å²) in [6.45, 7) is 0.694. The highest BCUT2D eigenvalue weighted by Gasteiger charge is 2.21. The lowest BCUT2D eigenvalue weighted by Crippen LogP contribution is -2.06. The first-order valence-corrected chi connectivity index (χ1v) is 7.55. The minimum Gasteiger partial charge on any atom is -0.493 e. The van der Waals surface area contributed by atoms with Crippen molar-refractivity contribution in [3.8, 4) is 5.75 Å². The fourth-order valence-corrected chi connectivity index (χ4v) is 3.25. The Morgan fingerprint density at radius 3 is 3.10 bits per heavy atom. The Morgan fingerprint density at radius 1 is 1.45 bits per heavy atom. The van der Waals surface area contributed by atoms with Crippen molar-refractivity contribution >= 4 is 27.5 Å². The largest absolute Gasteiger partial charge is 0.493 e. The van der Waals surface area contributed by atoms with Gasteiger partial charge in [-0.05, 0) is 35.4 Å². The van der Waals surface area contributed by atoms with Crippen LogP contribution in [-0.2, 0) is 12.8 Å². The van der Waals surface area contributed by atoms with Crippen molar-refractivity contribution in [3.63, 3.8) is 0 Å². The molecule has 1 aromatic heterocycles. The zero-order valence-corrected chi connectivity index (χ0v) is 13.0. The molecule has 3 nitrogen and oxygen atoms in total. The van der Waals surface area contributed by atoms with E-state index in [0.717, 1.165) is 22.2 Å². The first-order chi connectivity index (χ1) is 9.65. The highest BCUT2D eigenvalue weighted by Crippen LogP contribution is 2.35. The normalized spacial score (nSPS) is 14.8. The van der Waals surface area contributed by atoms with E-state index in [1.54, 1.807) is 18.3 Å². The van der Waals surface area contributed by atoms with Crippen molar-refractivity contribution in [2.75, 3.05) is 6.61 Å². The summed E-state index contributed by atoms with van der Waals surface area (Å²) in [6, 6.07) is 7.52. The van der Waals surface area contributed by atoms with Gasteiger partial charge in [0.15, 0.2) is 0 Å². The van der Waals surface area contributed by atoms with Crippen LogP contribution in [0.2, 0.25) is 5.02 Å². The van der Waals surface area contributed by atoms with Gasteiger partial charge in [0, 0.05) is 23.5 Å². The fraction of sp³-hybridized carbons (Fsp3) is 0.267. The molecule has 0 saturated carbocycles. The van der Waals surface area contributed by atoms with Crippen molar-refractivity contribution in [1.82, 2.24) is 4.98 Å². The molecule has 2 aromatic rings. The smallest absolute Gasteiger partial charge is 0.125 e. The Kier molecular flexibility index (Phi) is 3.96. The van der Waals surface area contributed by atoms with Crippen molar-refractivity contribution in [3.05, 3.63) is 56.8 Å². The second-order valence-corrected chi connectivity index (χ2v) is 6.06. The third-order valence-electron chi connectivity index (χ3n) is 3.34. The Balaban J connectivity index is 1.90. The summed E-state index contributed by atoms with van der Waals surface area (Å²) in [5.41, 5.74) is 2.65. The molecule has 2 heterocycles. The number of ether oxygens (including phenoxy) is 1. The highest BCUT2D eigenvalue weighted by atomic mass is 79.9. The minimum absolute atomic E-state index is 0.429. The van der Waals surface area contributed by atoms with Gasteiger partial charge in [0.05, 0.1) is 17.3 Å². The van der Waals surface area contributed by atoms with Gasteiger partial charge in [-0.3, -0.25) is 4.98 Å². The van der Waals surface area contributed by atoms with Crippen LogP contribution in [0, 0.1) is 0 Å². The van der Waals surface area contributed by atoms with Gasteiger partial charge in [-0.25, -0.2) is 0 Å². The molecular weight excluding hydrogens is 342 g/mol. The Bertz CT molecular complexity index is 648. The fourth-order valence-electron chi connectivity index (χ4n) is 2.45. The molecule has 20 heavy (non-hydrogen) atoms. The van der Waals surface area contributed by atoms with Gasteiger partial charge < -0.3 is 9.84 Å². The zero-order valence-electron chi connectivity index (χ0n) is 10.6. The van der Waals surface area contributed by atoms with Crippen LogP contribution in [0.5, 0.6) is 5.75 Å². The number of hydrogen-bond donors (Lipinski definition) is 1. The Labute approximate surface area is 130 Å². The molecule has 0 aliphatic carbocycles. The zero-order chi connectivity index (χ0) is 14.1. The van der Waals surface area contributed by atoms with Gasteiger partial charge in [0.25, 0.3) is 0 Å². The van der Waals surface area contributed by atoms with Gasteiger partial charge in [0.1, 0.15) is 11.9 Å². The number of aliphatic hydroxyl groups excluding tert-OH is 1. The summed E-state index contributed by atoms with van der Waals surface area (Å²) in [6.07, 6.45) is 2.22. The standard InChI is InChI=1S/C15H13BrClNO2/c16-11-6-9-3-5-20-15(9)10(7-11)8-13(19)14-12(17)2-1-4-18-14/h1-2,4,6-7,13,19H,3,5,8H2. The van der Waals surface area contributed by atoms with Crippen LogP contribution in [0.25, 0.3) is 0 Å². The monoisotopic (exact) mass is 353 g/mol. The predicted molar refractivity (Wildman–Crippen MR) is 81.3 cm³/mol. The van der Waals surface area contributed by atoms with Crippen LogP contribution >= 0.6 is 27.5 Å². The number of benzene rings is 1. The van der Waals surface area contributed by atoms with E-state index in [9.17, 15) is 5.11 Å². The summed E-state index contributed by atoms with van der Waals surface area (Å²) in [7, 11) is 0. The average molecular weight is 355 g/mol. The Morgan fingerprint density at radius 2 is 2.30 bits per heavy atom. The summed E-state index contributed by atoms with van der Waals surface area (Å²) < 4.78 is 6.66. The van der Waals surface area contributed by atoms with E-state index in [4.69, 9.17) is 16.3 Å². The maximum atomic E-state index is 10.4. The molecule has 5 heteroatoms. The molecule has 0 spiro atoms. The van der Waals surface area contributed by atoms with E-state index in [1.165, 1.54) is 5.56 Å². The molecule has 3 rings (SSSR count). The van der Waals surface area contributed by atoms with Gasteiger partial charge in [-0.2, -0.15) is 0 Å². The summed E-state index contributed by atoms with van der Waals surface area (Å²) in [5, 5.41) is 10.8. The lowest BCUT2D eigenvalue weighted by atomic mass is 10.0. The first kappa shape index (κ1) is 13.9. The first-order valence-electron chi connectivity index (χ1n) is 6.37. The van der Waals surface area contributed by atoms with Gasteiger partial charge in [0.2, 0.25) is 0 Å². The van der Waals surface area contributed by atoms with Crippen LogP contribution in [0.15, 0.2) is 34.9 Å². The number of pyridine rings is 1. The number of aromatic nitrogens is 1. The summed E-state index contributed by atoms with van der Waals surface area (Å²) in [5.74, 6) is 0.888. The molecule has 1 aliphatic rings. The quantitative estimate of drug-likeness (QED) is 0.913. The van der Waals surface area contributed by atoms with Crippen LogP contribution in [0.4, 0.5) is 0 Å². The summed E-state index contributed by atoms with van der Waals surface area (Å²) >= 11 is 9.57. The van der Waals surface area contributed by atoms with E-state index >= 15 is 0 Å². The number of hydrogen-bond acceptors (Lipinski definition) is 3. The maximum Gasteiger partial charge on any atom is 0.125 e. The second-order valence-electron chi connectivity index (χ2n) is 4.74. The third-order valence-corrected chi connectivity index (χ3v) is 4.12. The lowest BCUT2D eigenvalue weighted by molar-refractivity contribution is 0.172. The molecule has 1 aromatic carbocycles. The van der Waals surface area contributed by atoms with Gasteiger partial charge in [-0.15, -0.1) is 0 Å². The number of halogens is 2. The van der Waals surface area contributed by atoms with Crippen molar-refractivity contribution in [2.24, 2.45) is 0 Å². The summed E-state index contributed by atoms with van der Waals surface area (Å²) in [4.78, 5) is 4.16. The van der Waals surface area contributed by atoms with Crippen LogP contribution in [0.1, 0.15) is 22.9 Å². The van der Waals surface area contributed by atoms with Gasteiger partial charge >= 0.3 is 0 Å². The van der Waals surface area contributed by atoms with Crippen LogP contribution in [0.3, 0.4) is 0 Å². The lowest BCUT2D eigenvalue weighted by Gasteiger charge is -2.14. The number of fused-ring (bicyclic) bond motifs is 1. The van der Waals surface area contributed by atoms with Crippen molar-refractivity contribution in [1.29, 1.82) is 0 Å². The van der Waals surface area contributed by atoms with Crippen molar-refractivity contribution < 1.29 is 9.84 Å². The second kappa shape index (κ2) is 5.72. The minimum atomic E-state index is -0.744. The maximum absolute atomic E-state index is 10.4. The molecule has 1 unspecified atom stereocenters. The van der Waals surface area contributed by atoms with E-state index in [0.29, 0.717) is 23.7 Å². The number of aliphatic hydroxyl groups is 1. The number of rotatable bonds is 3. The molecule has 1 N–H and O–H groups in total. The van der Waals surface area contributed by atoms with E-state index < -0.39 is 6.10 Å². The topological polar surface area (TPSA) is 42.4 Å². The predicted octanol–water partition coefficient (Wildman–Crippen LogP) is 3.71. The average Bonchev–Trinajstić information content (AvgIpc) is 2.87. The van der Waals surface area contributed by atoms with E-state index in [2.05, 4.69) is 27.0 Å². The molecule has 0 bridgehead atoms. The molecule has 0 amide bonds. The van der Waals surface area contributed by atoms with E-state index in [1.807, 2.05) is 6.07 Å². The van der Waals surface area contributed by atoms with Crippen LogP contribution in [-0.4, -0.2) is 16.7 Å². The number of nitrogens with zero attached hydrogens (tertiary/aromatic N) is 1. The molecular formula is C15H13BrClNO2. The van der Waals surface area contributed by atoms with Crippen LogP contribution < -0.4 is 4.74 Å². The third kappa shape index (κ3) is 2.68. The SMILES string of the molecule is OC(Cc1cc(Br)cc2c1OCC2)c1ncccc1Cl. The molecule has 104 valence electrons. The van der Waals surface area contributed by atoms with Gasteiger partial charge in [-0.1, -0.05) is 27.5 Å². The molecule has 0 fully saturated rings.